The summed E-state index contributed by atoms with van der Waals surface area (Å²) >= 11 is 0. The fraction of sp³-hybridized carbons (Fsp3) is 0.682. The van der Waals surface area contributed by atoms with Gasteiger partial charge in [-0.3, -0.25) is 0 Å². The number of aliphatic hydroxyl groups is 1. The van der Waals surface area contributed by atoms with Crippen LogP contribution >= 0.6 is 0 Å². The Morgan fingerprint density at radius 3 is 2.19 bits per heavy atom. The van der Waals surface area contributed by atoms with Crippen molar-refractivity contribution < 1.29 is 32.0 Å². The zero-order valence-corrected chi connectivity index (χ0v) is 18.4. The average molecular weight is 460 g/mol. The highest BCUT2D eigenvalue weighted by molar-refractivity contribution is 7.87. The van der Waals surface area contributed by atoms with Crippen molar-refractivity contribution >= 4 is 22.6 Å². The van der Waals surface area contributed by atoms with E-state index in [4.69, 9.17) is 0 Å². The molecule has 0 spiro atoms. The fourth-order valence-electron chi connectivity index (χ4n) is 6.10. The van der Waals surface area contributed by atoms with Gasteiger partial charge in [0.1, 0.15) is 11.0 Å². The second-order valence-electron chi connectivity index (χ2n) is 9.43. The molecule has 0 radical (unpaired) electrons. The third kappa shape index (κ3) is 3.77. The number of ether oxygens (including phenoxy) is 1. The molecular weight excluding hydrogens is 431 g/mol. The summed E-state index contributed by atoms with van der Waals surface area (Å²) in [7, 11) is -1.37. The lowest BCUT2D eigenvalue weighted by atomic mass is 9.56. The molecule has 5 rings (SSSR count). The van der Waals surface area contributed by atoms with Crippen molar-refractivity contribution in [1.82, 2.24) is 0 Å². The molecule has 4 saturated carbocycles. The summed E-state index contributed by atoms with van der Waals surface area (Å²) in [6.45, 7) is 2.64. The first-order valence-corrected chi connectivity index (χ1v) is 11.9. The van der Waals surface area contributed by atoms with Gasteiger partial charge in [-0.25, -0.2) is 9.00 Å². The number of nitrogens with one attached hydrogen (secondary N) is 1. The van der Waals surface area contributed by atoms with Gasteiger partial charge in [0, 0.05) is 11.3 Å². The molecule has 0 heterocycles. The number of benzene rings is 1. The van der Waals surface area contributed by atoms with E-state index in [1.807, 2.05) is 0 Å². The Balaban J connectivity index is 1.58. The molecule has 2 N–H and O–H groups in total. The summed E-state index contributed by atoms with van der Waals surface area (Å²) in [6, 6.07) is 3.49. The molecular formula is C22H28F3NO4S. The molecule has 2 atom stereocenters. The quantitative estimate of drug-likeness (QED) is 0.620. The van der Waals surface area contributed by atoms with Gasteiger partial charge >= 0.3 is 12.1 Å². The Labute approximate surface area is 182 Å². The van der Waals surface area contributed by atoms with Crippen LogP contribution in [0, 0.1) is 24.7 Å². The fourth-order valence-corrected chi connectivity index (χ4v) is 7.91. The van der Waals surface area contributed by atoms with Crippen molar-refractivity contribution in [3.05, 3.63) is 29.3 Å². The van der Waals surface area contributed by atoms with Crippen molar-refractivity contribution in [2.75, 3.05) is 11.3 Å². The summed E-state index contributed by atoms with van der Waals surface area (Å²) in [6.07, 6.45) is 1.17. The first-order valence-electron chi connectivity index (χ1n) is 10.7. The Morgan fingerprint density at radius 2 is 1.74 bits per heavy atom. The lowest BCUT2D eigenvalue weighted by Crippen LogP contribution is -2.54. The molecule has 0 aromatic heterocycles. The Kier molecular flexibility index (Phi) is 5.65. The molecule has 1 aromatic carbocycles. The minimum atomic E-state index is -5.25. The third-order valence-electron chi connectivity index (χ3n) is 7.20. The van der Waals surface area contributed by atoms with Gasteiger partial charge in [0.05, 0.1) is 11.4 Å². The normalized spacial score (nSPS) is 32.4. The van der Waals surface area contributed by atoms with E-state index in [1.54, 1.807) is 6.92 Å². The largest absolute Gasteiger partial charge is 0.463 e. The Morgan fingerprint density at radius 1 is 1.19 bits per heavy atom. The SMILES string of the molecule is CCOC(=O)C(O)(c1ccc(NS(=O)C23CC4CC(CC(C4)C2)C3)c(C)c1)C(F)(F)F. The van der Waals surface area contributed by atoms with Gasteiger partial charge in [-0.05, 0) is 81.8 Å². The third-order valence-corrected chi connectivity index (χ3v) is 8.90. The minimum Gasteiger partial charge on any atom is -0.463 e. The highest BCUT2D eigenvalue weighted by Crippen LogP contribution is 2.58. The summed E-state index contributed by atoms with van der Waals surface area (Å²) in [5, 5.41) is 10.3. The van der Waals surface area contributed by atoms with E-state index in [1.165, 1.54) is 32.3 Å². The number of halogens is 3. The number of alkyl halides is 3. The number of carbonyl (C=O) groups is 1. The van der Waals surface area contributed by atoms with Crippen LogP contribution in [-0.4, -0.2) is 32.8 Å². The molecule has 4 fully saturated rings. The molecule has 4 bridgehead atoms. The summed E-state index contributed by atoms with van der Waals surface area (Å²) in [5.41, 5.74) is -3.58. The number of hydrogen-bond acceptors (Lipinski definition) is 4. The van der Waals surface area contributed by atoms with Gasteiger partial charge in [0.25, 0.3) is 5.60 Å². The number of carbonyl (C=O) groups excluding carboxylic acids is 1. The molecule has 5 nitrogen and oxygen atoms in total. The van der Waals surface area contributed by atoms with Crippen molar-refractivity contribution in [2.24, 2.45) is 17.8 Å². The van der Waals surface area contributed by atoms with E-state index in [9.17, 15) is 27.3 Å². The second kappa shape index (κ2) is 7.76. The van der Waals surface area contributed by atoms with Gasteiger partial charge < -0.3 is 14.6 Å². The van der Waals surface area contributed by atoms with E-state index < -0.39 is 34.3 Å². The highest BCUT2D eigenvalue weighted by atomic mass is 32.2. The average Bonchev–Trinajstić information content (AvgIpc) is 2.67. The number of esters is 1. The smallest absolute Gasteiger partial charge is 0.432 e. The molecule has 0 amide bonds. The Bertz CT molecular complexity index is 868. The maximum absolute atomic E-state index is 13.6. The second-order valence-corrected chi connectivity index (χ2v) is 11.0. The van der Waals surface area contributed by atoms with E-state index in [2.05, 4.69) is 9.46 Å². The number of aryl methyl sites for hydroxylation is 1. The number of rotatable bonds is 6. The molecule has 2 unspecified atom stereocenters. The summed E-state index contributed by atoms with van der Waals surface area (Å²) in [5.74, 6) is 0.0882. The number of anilines is 1. The topological polar surface area (TPSA) is 75.6 Å². The predicted octanol–water partition coefficient (Wildman–Crippen LogP) is 4.35. The summed E-state index contributed by atoms with van der Waals surface area (Å²) < 4.78 is 61.4. The minimum absolute atomic E-state index is 0.280. The van der Waals surface area contributed by atoms with Crippen LogP contribution in [-0.2, 0) is 26.1 Å². The van der Waals surface area contributed by atoms with Gasteiger partial charge in [-0.2, -0.15) is 13.2 Å². The van der Waals surface area contributed by atoms with Crippen molar-refractivity contribution in [2.45, 2.75) is 68.9 Å². The van der Waals surface area contributed by atoms with E-state index in [-0.39, 0.29) is 11.4 Å². The zero-order valence-electron chi connectivity index (χ0n) is 17.6. The first kappa shape index (κ1) is 22.6. The van der Waals surface area contributed by atoms with Crippen LogP contribution in [0.3, 0.4) is 0 Å². The van der Waals surface area contributed by atoms with E-state index >= 15 is 0 Å². The van der Waals surface area contributed by atoms with Crippen LogP contribution in [0.15, 0.2) is 18.2 Å². The van der Waals surface area contributed by atoms with Crippen LogP contribution in [0.4, 0.5) is 18.9 Å². The van der Waals surface area contributed by atoms with Crippen LogP contribution in [0.5, 0.6) is 0 Å². The lowest BCUT2D eigenvalue weighted by molar-refractivity contribution is -0.267. The Hall–Kier alpha value is -1.61. The molecule has 4 aliphatic rings. The van der Waals surface area contributed by atoms with Crippen LogP contribution < -0.4 is 4.72 Å². The maximum Gasteiger partial charge on any atom is 0.432 e. The van der Waals surface area contributed by atoms with Gasteiger partial charge in [-0.1, -0.05) is 12.1 Å². The standard InChI is InChI=1S/C22H28F3NO4S/c1-3-30-19(27)21(28,22(23,24)25)17-4-5-18(13(2)6-17)26-31(29)20-10-14-7-15(11-20)9-16(8-14)12-20/h4-6,14-16,26,28H,3,7-12H2,1-2H3. The monoisotopic (exact) mass is 459 g/mol. The van der Waals surface area contributed by atoms with Crippen LogP contribution in [0.1, 0.15) is 56.6 Å². The van der Waals surface area contributed by atoms with E-state index in [0.717, 1.165) is 31.4 Å². The highest BCUT2D eigenvalue weighted by Gasteiger charge is 2.62. The van der Waals surface area contributed by atoms with Crippen LogP contribution in [0.2, 0.25) is 0 Å². The number of hydrogen-bond donors (Lipinski definition) is 2. The lowest BCUT2D eigenvalue weighted by Gasteiger charge is -2.55. The molecule has 172 valence electrons. The molecule has 1 aromatic rings. The van der Waals surface area contributed by atoms with Gasteiger partial charge in [0.15, 0.2) is 0 Å². The predicted molar refractivity (Wildman–Crippen MR) is 110 cm³/mol. The molecule has 9 heteroatoms. The first-order chi connectivity index (χ1) is 14.5. The molecule has 4 aliphatic carbocycles. The van der Waals surface area contributed by atoms with Crippen molar-refractivity contribution in [3.8, 4) is 0 Å². The zero-order chi connectivity index (χ0) is 22.6. The van der Waals surface area contributed by atoms with Crippen molar-refractivity contribution in [3.63, 3.8) is 0 Å². The van der Waals surface area contributed by atoms with Crippen molar-refractivity contribution in [1.29, 1.82) is 0 Å². The van der Waals surface area contributed by atoms with Gasteiger partial charge in [0.2, 0.25) is 0 Å². The molecule has 31 heavy (non-hydrogen) atoms. The van der Waals surface area contributed by atoms with Gasteiger partial charge in [-0.15, -0.1) is 0 Å². The van der Waals surface area contributed by atoms with Crippen LogP contribution in [0.25, 0.3) is 0 Å². The van der Waals surface area contributed by atoms with E-state index in [0.29, 0.717) is 29.0 Å². The maximum atomic E-state index is 13.6. The summed E-state index contributed by atoms with van der Waals surface area (Å²) in [4.78, 5) is 12.0. The molecule has 0 saturated heterocycles. The molecule has 0 aliphatic heterocycles.